The number of carboxylic acids is 1. The van der Waals surface area contributed by atoms with Crippen LogP contribution in [-0.4, -0.2) is 50.1 Å². The molecule has 3 rings (SSSR count). The molecular formula is C24H31N5O6S. The summed E-state index contributed by atoms with van der Waals surface area (Å²) in [5.74, 6) is -2.05. The topological polar surface area (TPSA) is 180 Å². The molecule has 0 saturated heterocycles. The first kappa shape index (κ1) is 26.9. The van der Waals surface area contributed by atoms with Crippen molar-refractivity contribution in [3.05, 3.63) is 44.0 Å². The Labute approximate surface area is 211 Å². The van der Waals surface area contributed by atoms with Crippen molar-refractivity contribution in [3.8, 4) is 0 Å². The maximum atomic E-state index is 12.7. The number of amides is 1. The highest BCUT2D eigenvalue weighted by atomic mass is 32.1. The number of nitrogens with two attached hydrogens (primary N) is 1. The number of aromatic amines is 2. The Morgan fingerprint density at radius 2 is 1.97 bits per heavy atom. The predicted octanol–water partition coefficient (Wildman–Crippen LogP) is 2.77. The van der Waals surface area contributed by atoms with Crippen LogP contribution in [0.2, 0.25) is 0 Å². The maximum Gasteiger partial charge on any atom is 0.328 e. The van der Waals surface area contributed by atoms with Crippen LogP contribution in [0.1, 0.15) is 66.9 Å². The van der Waals surface area contributed by atoms with E-state index < -0.39 is 23.9 Å². The van der Waals surface area contributed by atoms with Crippen LogP contribution in [0.5, 0.6) is 0 Å². The minimum absolute atomic E-state index is 0.0453. The smallest absolute Gasteiger partial charge is 0.328 e. The summed E-state index contributed by atoms with van der Waals surface area (Å²) in [5.41, 5.74) is 7.66. The molecule has 6 N–H and O–H groups in total. The molecule has 0 aliphatic heterocycles. The van der Waals surface area contributed by atoms with E-state index in [0.29, 0.717) is 22.3 Å². The molecule has 0 aromatic carbocycles. The number of unbranched alkanes of at least 4 members (excludes halogenated alkanes) is 1. The summed E-state index contributed by atoms with van der Waals surface area (Å²) in [6, 6.07) is 2.53. The zero-order chi connectivity index (χ0) is 26.2. The second-order valence-electron chi connectivity index (χ2n) is 8.65. The molecule has 2 atom stereocenters. The minimum atomic E-state index is -1.05. The molecule has 3 aromatic rings. The highest BCUT2D eigenvalue weighted by molar-refractivity contribution is 7.12. The van der Waals surface area contributed by atoms with Crippen LogP contribution in [0.3, 0.4) is 0 Å². The molecule has 2 unspecified atom stereocenters. The number of ether oxygens (including phenoxy) is 1. The van der Waals surface area contributed by atoms with E-state index in [9.17, 15) is 19.2 Å². The minimum Gasteiger partial charge on any atom is -0.481 e. The van der Waals surface area contributed by atoms with Crippen molar-refractivity contribution in [1.29, 1.82) is 0 Å². The van der Waals surface area contributed by atoms with Crippen molar-refractivity contribution in [2.45, 2.75) is 70.9 Å². The molecule has 0 aliphatic carbocycles. The SMILES string of the molecule is CCC(C)OC(=O)C(CCC(=O)O)NC(=O)c1cc(CCCCc2cc3c(=O)[nH]c(N)nc3[nH]2)cs1. The molecule has 11 nitrogen and oxygen atoms in total. The second kappa shape index (κ2) is 12.3. The van der Waals surface area contributed by atoms with Crippen LogP contribution in [0.4, 0.5) is 5.95 Å². The quantitative estimate of drug-likeness (QED) is 0.169. The summed E-state index contributed by atoms with van der Waals surface area (Å²) in [4.78, 5) is 58.2. The Bertz CT molecular complexity index is 1280. The van der Waals surface area contributed by atoms with Crippen LogP contribution in [0.25, 0.3) is 11.0 Å². The number of H-pyrrole nitrogens is 2. The molecule has 0 radical (unpaired) electrons. The molecule has 0 fully saturated rings. The summed E-state index contributed by atoms with van der Waals surface area (Å²) >= 11 is 1.27. The standard InChI is InChI=1S/C24H31N5O6S/c1-3-13(2)35-23(34)17(8-9-19(30)31)27-22(33)18-10-14(12-36-18)6-4-5-7-15-11-16-20(26-15)28-24(25)29-21(16)32/h10-13,17H,3-9H2,1-2H3,(H,27,33)(H,30,31)(H4,25,26,28,29,32). The largest absolute Gasteiger partial charge is 0.481 e. The molecule has 12 heteroatoms. The summed E-state index contributed by atoms with van der Waals surface area (Å²) in [6.45, 7) is 3.61. The number of aryl methyl sites for hydroxylation is 2. The second-order valence-corrected chi connectivity index (χ2v) is 9.56. The van der Waals surface area contributed by atoms with E-state index in [2.05, 4.69) is 20.3 Å². The molecule has 194 valence electrons. The Hall–Kier alpha value is -3.67. The van der Waals surface area contributed by atoms with Gasteiger partial charge < -0.3 is 25.9 Å². The number of carboxylic acid groups (broad SMARTS) is 1. The lowest BCUT2D eigenvalue weighted by Crippen LogP contribution is -2.42. The summed E-state index contributed by atoms with van der Waals surface area (Å²) < 4.78 is 5.29. The van der Waals surface area contributed by atoms with Crippen molar-refractivity contribution in [1.82, 2.24) is 20.3 Å². The van der Waals surface area contributed by atoms with Gasteiger partial charge in [-0.1, -0.05) is 6.92 Å². The lowest BCUT2D eigenvalue weighted by molar-refractivity contribution is -0.151. The number of nitrogens with one attached hydrogen (secondary N) is 3. The fraction of sp³-hybridized carbons (Fsp3) is 0.458. The molecule has 1 amide bonds. The number of thiophene rings is 1. The number of rotatable bonds is 13. The molecule has 36 heavy (non-hydrogen) atoms. The van der Waals surface area contributed by atoms with E-state index in [1.54, 1.807) is 19.1 Å². The number of nitrogens with zero attached hydrogens (tertiary/aromatic N) is 1. The number of aliphatic carboxylic acids is 1. The first-order chi connectivity index (χ1) is 17.2. The van der Waals surface area contributed by atoms with Crippen LogP contribution in [-0.2, 0) is 27.2 Å². The Balaban J connectivity index is 1.52. The van der Waals surface area contributed by atoms with E-state index >= 15 is 0 Å². The number of hydrogen-bond donors (Lipinski definition) is 5. The Morgan fingerprint density at radius 3 is 2.69 bits per heavy atom. The van der Waals surface area contributed by atoms with Gasteiger partial charge in [0.25, 0.3) is 11.5 Å². The van der Waals surface area contributed by atoms with Gasteiger partial charge in [0.2, 0.25) is 5.95 Å². The number of carbonyl (C=O) groups is 3. The third-order valence-electron chi connectivity index (χ3n) is 5.74. The average molecular weight is 518 g/mol. The van der Waals surface area contributed by atoms with Crippen LogP contribution in [0.15, 0.2) is 22.3 Å². The van der Waals surface area contributed by atoms with Crippen molar-refractivity contribution >= 4 is 46.2 Å². The fourth-order valence-electron chi connectivity index (χ4n) is 3.61. The average Bonchev–Trinajstić information content (AvgIpc) is 3.46. The van der Waals surface area contributed by atoms with Gasteiger partial charge in [-0.25, -0.2) is 4.79 Å². The highest BCUT2D eigenvalue weighted by Crippen LogP contribution is 2.19. The van der Waals surface area contributed by atoms with E-state index in [0.717, 1.165) is 36.9 Å². The first-order valence-corrected chi connectivity index (χ1v) is 12.7. The molecular weight excluding hydrogens is 486 g/mol. The van der Waals surface area contributed by atoms with Crippen molar-refractivity contribution in [2.75, 3.05) is 5.73 Å². The number of fused-ring (bicyclic) bond motifs is 1. The van der Waals surface area contributed by atoms with Gasteiger partial charge in [0.15, 0.2) is 0 Å². The summed E-state index contributed by atoms with van der Waals surface area (Å²) in [5, 5.41) is 14.0. The predicted molar refractivity (Wildman–Crippen MR) is 136 cm³/mol. The van der Waals surface area contributed by atoms with E-state index in [-0.39, 0.29) is 30.5 Å². The Morgan fingerprint density at radius 1 is 1.22 bits per heavy atom. The van der Waals surface area contributed by atoms with Gasteiger partial charge in [-0.15, -0.1) is 11.3 Å². The highest BCUT2D eigenvalue weighted by Gasteiger charge is 2.25. The van der Waals surface area contributed by atoms with Gasteiger partial charge in [-0.05, 0) is 68.5 Å². The van der Waals surface area contributed by atoms with Crippen molar-refractivity contribution in [2.24, 2.45) is 0 Å². The van der Waals surface area contributed by atoms with Crippen LogP contribution in [0, 0.1) is 0 Å². The van der Waals surface area contributed by atoms with Gasteiger partial charge in [-0.2, -0.15) is 4.98 Å². The normalized spacial score (nSPS) is 12.8. The van der Waals surface area contributed by atoms with Gasteiger partial charge in [0.1, 0.15) is 11.7 Å². The third kappa shape index (κ3) is 7.41. The molecule has 0 aliphatic rings. The molecule has 3 aromatic heterocycles. The van der Waals surface area contributed by atoms with Crippen molar-refractivity contribution in [3.63, 3.8) is 0 Å². The van der Waals surface area contributed by atoms with Gasteiger partial charge in [0.05, 0.1) is 16.4 Å². The van der Waals surface area contributed by atoms with Gasteiger partial charge in [0, 0.05) is 12.1 Å². The number of anilines is 1. The van der Waals surface area contributed by atoms with E-state index in [1.165, 1.54) is 11.3 Å². The number of carbonyl (C=O) groups excluding carboxylic acids is 2. The lowest BCUT2D eigenvalue weighted by Gasteiger charge is -2.19. The summed E-state index contributed by atoms with van der Waals surface area (Å²) in [7, 11) is 0. The Kier molecular flexibility index (Phi) is 9.23. The first-order valence-electron chi connectivity index (χ1n) is 11.8. The zero-order valence-electron chi connectivity index (χ0n) is 20.3. The van der Waals surface area contributed by atoms with Gasteiger partial charge >= 0.3 is 11.9 Å². The third-order valence-corrected chi connectivity index (χ3v) is 6.72. The molecule has 0 spiro atoms. The van der Waals surface area contributed by atoms with Crippen LogP contribution >= 0.6 is 11.3 Å². The number of hydrogen-bond acceptors (Lipinski definition) is 8. The van der Waals surface area contributed by atoms with Crippen LogP contribution < -0.4 is 16.6 Å². The monoisotopic (exact) mass is 517 g/mol. The van der Waals surface area contributed by atoms with E-state index in [1.807, 2.05) is 12.3 Å². The molecule has 0 bridgehead atoms. The lowest BCUT2D eigenvalue weighted by atomic mass is 10.1. The van der Waals surface area contributed by atoms with Gasteiger partial charge in [-0.3, -0.25) is 19.4 Å². The summed E-state index contributed by atoms with van der Waals surface area (Å²) in [6.07, 6.45) is 3.20. The maximum absolute atomic E-state index is 12.7. The van der Waals surface area contributed by atoms with Crippen molar-refractivity contribution < 1.29 is 24.2 Å². The number of nitrogen functional groups attached to an aromatic ring is 1. The zero-order valence-corrected chi connectivity index (χ0v) is 21.1. The molecule has 0 saturated carbocycles. The number of esters is 1. The molecule has 3 heterocycles. The number of aromatic nitrogens is 3. The van der Waals surface area contributed by atoms with E-state index in [4.69, 9.17) is 15.6 Å². The fourth-order valence-corrected chi connectivity index (χ4v) is 4.46.